The molecule has 0 bridgehead atoms. The first-order valence-electron chi connectivity index (χ1n) is 6.22. The molecule has 0 aliphatic rings. The summed E-state index contributed by atoms with van der Waals surface area (Å²) >= 11 is 3.44. The van der Waals surface area contributed by atoms with E-state index < -0.39 is 0 Å². The summed E-state index contributed by atoms with van der Waals surface area (Å²) in [7, 11) is 0. The molecule has 2 rings (SSSR count). The Bertz CT molecular complexity index is 544. The topological polar surface area (TPSA) is 68.8 Å². The molecule has 2 aromatic heterocycles. The van der Waals surface area contributed by atoms with Crippen LogP contribution in [0.1, 0.15) is 17.8 Å². The number of aryl methyl sites for hydroxylation is 3. The Balaban J connectivity index is 1.86. The van der Waals surface area contributed by atoms with Gasteiger partial charge in [-0.15, -0.1) is 0 Å². The predicted molar refractivity (Wildman–Crippen MR) is 81.2 cm³/mol. The lowest BCUT2D eigenvalue weighted by atomic mass is 10.3. The number of hydrogen-bond donors (Lipinski definition) is 2. The van der Waals surface area contributed by atoms with Gasteiger partial charge in [-0.25, -0.2) is 0 Å². The molecule has 102 valence electrons. The number of anilines is 2. The summed E-state index contributed by atoms with van der Waals surface area (Å²) in [5, 5.41) is 7.76. The van der Waals surface area contributed by atoms with Crippen molar-refractivity contribution in [3.63, 3.8) is 0 Å². The standard InChI is InChI=1S/C13H18BrN5/c1-9-6-10(2)19(18-9)5-3-4-17-13-11(14)7-16-8-12(13)15/h6-8H,3-5,15H2,1-2H3,(H,16,17). The second-order valence-corrected chi connectivity index (χ2v) is 5.37. The SMILES string of the molecule is Cc1cc(C)n(CCCNc2c(N)cncc2Br)n1. The molecule has 2 aromatic rings. The normalized spacial score (nSPS) is 10.7. The lowest BCUT2D eigenvalue weighted by molar-refractivity contribution is 0.574. The van der Waals surface area contributed by atoms with Gasteiger partial charge >= 0.3 is 0 Å². The van der Waals surface area contributed by atoms with Crippen LogP contribution in [-0.2, 0) is 6.54 Å². The molecule has 19 heavy (non-hydrogen) atoms. The van der Waals surface area contributed by atoms with Gasteiger partial charge in [-0.1, -0.05) is 0 Å². The molecule has 0 unspecified atom stereocenters. The molecule has 0 saturated carbocycles. The average molecular weight is 324 g/mol. The van der Waals surface area contributed by atoms with Gasteiger partial charge in [0.2, 0.25) is 0 Å². The second kappa shape index (κ2) is 6.06. The zero-order valence-corrected chi connectivity index (χ0v) is 12.7. The largest absolute Gasteiger partial charge is 0.396 e. The summed E-state index contributed by atoms with van der Waals surface area (Å²) < 4.78 is 2.92. The molecular weight excluding hydrogens is 306 g/mol. The van der Waals surface area contributed by atoms with Crippen molar-refractivity contribution in [3.05, 3.63) is 34.3 Å². The number of halogens is 1. The summed E-state index contributed by atoms with van der Waals surface area (Å²) in [5.74, 6) is 0. The molecule has 0 aliphatic heterocycles. The first-order valence-corrected chi connectivity index (χ1v) is 7.01. The van der Waals surface area contributed by atoms with E-state index in [1.54, 1.807) is 12.4 Å². The summed E-state index contributed by atoms with van der Waals surface area (Å²) in [6, 6.07) is 2.09. The molecule has 6 heteroatoms. The van der Waals surface area contributed by atoms with Crippen molar-refractivity contribution >= 4 is 27.3 Å². The van der Waals surface area contributed by atoms with E-state index in [9.17, 15) is 0 Å². The minimum Gasteiger partial charge on any atom is -0.396 e. The van der Waals surface area contributed by atoms with E-state index >= 15 is 0 Å². The van der Waals surface area contributed by atoms with Crippen LogP contribution in [0.4, 0.5) is 11.4 Å². The smallest absolute Gasteiger partial charge is 0.0750 e. The van der Waals surface area contributed by atoms with Gasteiger partial charge in [0.1, 0.15) is 0 Å². The van der Waals surface area contributed by atoms with Gasteiger partial charge in [0, 0.05) is 25.0 Å². The third-order valence-corrected chi connectivity index (χ3v) is 3.48. The molecule has 3 N–H and O–H groups in total. The van der Waals surface area contributed by atoms with E-state index in [0.29, 0.717) is 5.69 Å². The van der Waals surface area contributed by atoms with Crippen LogP contribution in [0.5, 0.6) is 0 Å². The highest BCUT2D eigenvalue weighted by Gasteiger charge is 2.04. The molecule has 0 atom stereocenters. The van der Waals surface area contributed by atoms with Crippen LogP contribution in [0.25, 0.3) is 0 Å². The molecule has 0 spiro atoms. The van der Waals surface area contributed by atoms with Crippen molar-refractivity contribution in [3.8, 4) is 0 Å². The molecular formula is C13H18BrN5. The van der Waals surface area contributed by atoms with Gasteiger partial charge in [-0.3, -0.25) is 9.67 Å². The van der Waals surface area contributed by atoms with Gasteiger partial charge in [0.25, 0.3) is 0 Å². The Hall–Kier alpha value is -1.56. The minimum atomic E-state index is 0.653. The maximum atomic E-state index is 5.87. The first-order chi connectivity index (χ1) is 9.08. The van der Waals surface area contributed by atoms with Crippen LogP contribution in [-0.4, -0.2) is 21.3 Å². The third kappa shape index (κ3) is 3.47. The fourth-order valence-corrected chi connectivity index (χ4v) is 2.47. The van der Waals surface area contributed by atoms with Crippen molar-refractivity contribution in [1.82, 2.24) is 14.8 Å². The third-order valence-electron chi connectivity index (χ3n) is 2.88. The lowest BCUT2D eigenvalue weighted by Gasteiger charge is -2.11. The number of nitrogens with zero attached hydrogens (tertiary/aromatic N) is 3. The van der Waals surface area contributed by atoms with E-state index in [0.717, 1.165) is 35.4 Å². The van der Waals surface area contributed by atoms with E-state index in [-0.39, 0.29) is 0 Å². The summed E-state index contributed by atoms with van der Waals surface area (Å²) in [6.07, 6.45) is 4.37. The van der Waals surface area contributed by atoms with Crippen LogP contribution in [0.2, 0.25) is 0 Å². The highest BCUT2D eigenvalue weighted by atomic mass is 79.9. The summed E-state index contributed by atoms with van der Waals surface area (Å²) in [5.41, 5.74) is 9.69. The van der Waals surface area contributed by atoms with Gasteiger partial charge in [-0.2, -0.15) is 5.10 Å². The lowest BCUT2D eigenvalue weighted by Crippen LogP contribution is -2.10. The van der Waals surface area contributed by atoms with E-state index in [1.807, 2.05) is 11.6 Å². The molecule has 0 saturated heterocycles. The van der Waals surface area contributed by atoms with Crippen molar-refractivity contribution in [2.45, 2.75) is 26.8 Å². The predicted octanol–water partition coefficient (Wildman–Crippen LogP) is 2.74. The highest BCUT2D eigenvalue weighted by Crippen LogP contribution is 2.26. The van der Waals surface area contributed by atoms with Gasteiger partial charge in [-0.05, 0) is 42.3 Å². The number of nitrogens with one attached hydrogen (secondary N) is 1. The number of aromatic nitrogens is 3. The molecule has 0 amide bonds. The monoisotopic (exact) mass is 323 g/mol. The van der Waals surface area contributed by atoms with E-state index in [1.165, 1.54) is 5.69 Å². The van der Waals surface area contributed by atoms with Gasteiger partial charge in [0.15, 0.2) is 0 Å². The zero-order valence-electron chi connectivity index (χ0n) is 11.2. The van der Waals surface area contributed by atoms with Crippen LogP contribution in [0.3, 0.4) is 0 Å². The van der Waals surface area contributed by atoms with Crippen LogP contribution in [0, 0.1) is 13.8 Å². The van der Waals surface area contributed by atoms with E-state index in [4.69, 9.17) is 5.73 Å². The number of hydrogen-bond acceptors (Lipinski definition) is 4. The van der Waals surface area contributed by atoms with Gasteiger partial charge in [0.05, 0.1) is 27.7 Å². The minimum absolute atomic E-state index is 0.653. The molecule has 0 fully saturated rings. The fourth-order valence-electron chi connectivity index (χ4n) is 1.98. The number of nitrogen functional groups attached to an aromatic ring is 1. The zero-order chi connectivity index (χ0) is 13.8. The maximum absolute atomic E-state index is 5.87. The van der Waals surface area contributed by atoms with Crippen LogP contribution >= 0.6 is 15.9 Å². The summed E-state index contributed by atoms with van der Waals surface area (Å²) in [6.45, 7) is 5.82. The van der Waals surface area contributed by atoms with Crippen molar-refractivity contribution in [2.24, 2.45) is 0 Å². The Morgan fingerprint density at radius 3 is 2.79 bits per heavy atom. The molecule has 0 radical (unpaired) electrons. The average Bonchev–Trinajstić information content (AvgIpc) is 2.66. The number of rotatable bonds is 5. The Morgan fingerprint density at radius 2 is 2.16 bits per heavy atom. The Kier molecular flexibility index (Phi) is 4.42. The van der Waals surface area contributed by atoms with Crippen molar-refractivity contribution in [1.29, 1.82) is 0 Å². The Labute approximate surface area is 121 Å². The Morgan fingerprint density at radius 1 is 1.37 bits per heavy atom. The van der Waals surface area contributed by atoms with Crippen molar-refractivity contribution in [2.75, 3.05) is 17.6 Å². The second-order valence-electron chi connectivity index (χ2n) is 4.52. The van der Waals surface area contributed by atoms with Crippen LogP contribution < -0.4 is 11.1 Å². The molecule has 0 aliphatic carbocycles. The van der Waals surface area contributed by atoms with Crippen LogP contribution in [0.15, 0.2) is 22.9 Å². The fraction of sp³-hybridized carbons (Fsp3) is 0.385. The van der Waals surface area contributed by atoms with Gasteiger partial charge < -0.3 is 11.1 Å². The first kappa shape index (κ1) is 13.9. The number of pyridine rings is 1. The van der Waals surface area contributed by atoms with E-state index in [2.05, 4.69) is 44.3 Å². The highest BCUT2D eigenvalue weighted by molar-refractivity contribution is 9.10. The summed E-state index contributed by atoms with van der Waals surface area (Å²) in [4.78, 5) is 4.01. The molecule has 2 heterocycles. The molecule has 0 aromatic carbocycles. The molecule has 5 nitrogen and oxygen atoms in total. The maximum Gasteiger partial charge on any atom is 0.0750 e. The number of nitrogens with two attached hydrogens (primary N) is 1. The van der Waals surface area contributed by atoms with Crippen molar-refractivity contribution < 1.29 is 0 Å². The quantitative estimate of drug-likeness (QED) is 0.830.